The van der Waals surface area contributed by atoms with Gasteiger partial charge in [-0.1, -0.05) is 17.7 Å². The summed E-state index contributed by atoms with van der Waals surface area (Å²) in [7, 11) is 0. The zero-order valence-corrected chi connectivity index (χ0v) is 15.0. The van der Waals surface area contributed by atoms with Crippen molar-refractivity contribution in [1.29, 1.82) is 0 Å². The molecule has 3 aromatic rings. The summed E-state index contributed by atoms with van der Waals surface area (Å²) in [6.07, 6.45) is -4.49. The number of rotatable bonds is 2. The minimum Gasteiger partial charge on any atom is -0.457 e. The number of hydrogen-bond donors (Lipinski definition) is 1. The Labute approximate surface area is 161 Å². The van der Waals surface area contributed by atoms with Gasteiger partial charge in [-0.3, -0.25) is 9.59 Å². The van der Waals surface area contributed by atoms with Crippen LogP contribution in [0.25, 0.3) is 11.1 Å². The number of carbonyl (C=O) groups excluding carboxylic acids is 1. The lowest BCUT2D eigenvalue weighted by molar-refractivity contribution is -0.137. The van der Waals surface area contributed by atoms with Gasteiger partial charge in [0.15, 0.2) is 0 Å². The number of aryl methyl sites for hydroxylation is 1. The van der Waals surface area contributed by atoms with Crippen molar-refractivity contribution in [3.05, 3.63) is 80.2 Å². The monoisotopic (exact) mass is 405 g/mol. The summed E-state index contributed by atoms with van der Waals surface area (Å²) in [5, 5.41) is 0.00342. The van der Waals surface area contributed by atoms with E-state index in [1.165, 1.54) is 30.3 Å². The zero-order valence-electron chi connectivity index (χ0n) is 14.3. The molecule has 0 unspecified atom stereocenters. The molecule has 1 aliphatic carbocycles. The second kappa shape index (κ2) is 6.24. The van der Waals surface area contributed by atoms with E-state index in [0.717, 1.165) is 12.1 Å². The number of ketones is 1. The zero-order chi connectivity index (χ0) is 20.2. The van der Waals surface area contributed by atoms with E-state index in [1.807, 2.05) is 0 Å². The Kier molecular flexibility index (Phi) is 4.08. The molecule has 0 radical (unpaired) electrons. The molecule has 0 aliphatic heterocycles. The maximum absolute atomic E-state index is 12.8. The van der Waals surface area contributed by atoms with E-state index in [1.54, 1.807) is 6.92 Å². The SMILES string of the molecule is Cc1[nH]c2c(c(=O)c1Cl)-c1ccc(Oc3cccc(C(F)(F)F)c3)cc1C2=O. The molecule has 0 bridgehead atoms. The van der Waals surface area contributed by atoms with Crippen LogP contribution in [0.4, 0.5) is 13.2 Å². The molecule has 142 valence electrons. The Hall–Kier alpha value is -3.06. The van der Waals surface area contributed by atoms with Crippen LogP contribution < -0.4 is 10.2 Å². The molecule has 1 heterocycles. The molecule has 28 heavy (non-hydrogen) atoms. The highest BCUT2D eigenvalue weighted by molar-refractivity contribution is 6.32. The number of benzene rings is 2. The minimum absolute atomic E-state index is 0.00342. The fourth-order valence-electron chi connectivity index (χ4n) is 3.13. The number of halogens is 4. The van der Waals surface area contributed by atoms with Crippen molar-refractivity contribution in [3.63, 3.8) is 0 Å². The number of H-pyrrole nitrogens is 1. The van der Waals surface area contributed by atoms with E-state index >= 15 is 0 Å². The number of aromatic amines is 1. The average molecular weight is 406 g/mol. The normalized spacial score (nSPS) is 12.7. The number of aromatic nitrogens is 1. The van der Waals surface area contributed by atoms with Gasteiger partial charge in [-0.05, 0) is 48.9 Å². The van der Waals surface area contributed by atoms with Gasteiger partial charge in [0, 0.05) is 11.3 Å². The second-order valence-electron chi connectivity index (χ2n) is 6.31. The van der Waals surface area contributed by atoms with Crippen LogP contribution in [0.5, 0.6) is 11.5 Å². The van der Waals surface area contributed by atoms with Gasteiger partial charge in [0.05, 0.1) is 16.8 Å². The predicted octanol–water partition coefficient (Wildman–Crippen LogP) is 5.36. The highest BCUT2D eigenvalue weighted by Gasteiger charge is 2.32. The standard InChI is InChI=1S/C20H11ClF3NO3/c1-9-16(21)19(27)15-13-6-5-12(8-14(13)18(26)17(15)25-9)28-11-4-2-3-10(7-11)20(22,23)24/h2-8H,1H3,(H,25,27). The predicted molar refractivity (Wildman–Crippen MR) is 97.2 cm³/mol. The van der Waals surface area contributed by atoms with Gasteiger partial charge >= 0.3 is 6.18 Å². The number of alkyl halides is 3. The number of carbonyl (C=O) groups is 1. The van der Waals surface area contributed by atoms with Gasteiger partial charge in [-0.2, -0.15) is 13.2 Å². The molecule has 1 N–H and O–H groups in total. The van der Waals surface area contributed by atoms with Crippen molar-refractivity contribution < 1.29 is 22.7 Å². The molecule has 0 saturated carbocycles. The van der Waals surface area contributed by atoms with Gasteiger partial charge in [-0.25, -0.2) is 0 Å². The molecule has 8 heteroatoms. The number of ether oxygens (including phenoxy) is 1. The molecule has 4 rings (SSSR count). The van der Waals surface area contributed by atoms with E-state index < -0.39 is 23.0 Å². The van der Waals surface area contributed by atoms with Crippen molar-refractivity contribution in [3.8, 4) is 22.6 Å². The molecule has 2 aromatic carbocycles. The van der Waals surface area contributed by atoms with Crippen LogP contribution in [0.3, 0.4) is 0 Å². The maximum atomic E-state index is 12.8. The summed E-state index contributed by atoms with van der Waals surface area (Å²) in [5.74, 6) is -0.251. The molecule has 1 aliphatic rings. The van der Waals surface area contributed by atoms with E-state index in [0.29, 0.717) is 11.3 Å². The summed E-state index contributed by atoms with van der Waals surface area (Å²) >= 11 is 5.99. The third-order valence-electron chi connectivity index (χ3n) is 4.45. The topological polar surface area (TPSA) is 59.2 Å². The van der Waals surface area contributed by atoms with Crippen molar-refractivity contribution in [1.82, 2.24) is 4.98 Å². The summed E-state index contributed by atoms with van der Waals surface area (Å²) in [5.41, 5.74) is 0.0253. The molecule has 1 aromatic heterocycles. The van der Waals surface area contributed by atoms with E-state index in [-0.39, 0.29) is 33.3 Å². The van der Waals surface area contributed by atoms with Crippen LogP contribution in [0.1, 0.15) is 27.3 Å². The first kappa shape index (κ1) is 18.3. The van der Waals surface area contributed by atoms with Gasteiger partial charge in [0.25, 0.3) is 0 Å². The Balaban J connectivity index is 1.74. The van der Waals surface area contributed by atoms with Gasteiger partial charge in [-0.15, -0.1) is 0 Å². The van der Waals surface area contributed by atoms with Crippen LogP contribution >= 0.6 is 11.6 Å². The molecule has 0 amide bonds. The second-order valence-corrected chi connectivity index (χ2v) is 6.69. The highest BCUT2D eigenvalue weighted by Crippen LogP contribution is 2.38. The molecule has 0 fully saturated rings. The Morgan fingerprint density at radius 1 is 1.00 bits per heavy atom. The largest absolute Gasteiger partial charge is 0.457 e. The molecular weight excluding hydrogens is 395 g/mol. The lowest BCUT2D eigenvalue weighted by Gasteiger charge is -2.10. The number of hydrogen-bond acceptors (Lipinski definition) is 3. The van der Waals surface area contributed by atoms with Crippen molar-refractivity contribution in [2.24, 2.45) is 0 Å². The first-order valence-corrected chi connectivity index (χ1v) is 8.51. The van der Waals surface area contributed by atoms with Crippen LogP contribution in [0.2, 0.25) is 5.02 Å². The lowest BCUT2D eigenvalue weighted by atomic mass is 10.1. The average Bonchev–Trinajstić information content (AvgIpc) is 2.91. The Bertz CT molecular complexity index is 1200. The van der Waals surface area contributed by atoms with Crippen molar-refractivity contribution in [2.45, 2.75) is 13.1 Å². The maximum Gasteiger partial charge on any atom is 0.416 e. The summed E-state index contributed by atoms with van der Waals surface area (Å²) in [6, 6.07) is 8.82. The van der Waals surface area contributed by atoms with Gasteiger partial charge in [0.1, 0.15) is 16.5 Å². The fourth-order valence-corrected chi connectivity index (χ4v) is 3.27. The van der Waals surface area contributed by atoms with Crippen molar-refractivity contribution >= 4 is 17.4 Å². The van der Waals surface area contributed by atoms with Crippen LogP contribution in [-0.2, 0) is 6.18 Å². The molecular formula is C20H11ClF3NO3. The fraction of sp³-hybridized carbons (Fsp3) is 0.100. The van der Waals surface area contributed by atoms with Crippen molar-refractivity contribution in [2.75, 3.05) is 0 Å². The van der Waals surface area contributed by atoms with Gasteiger partial charge in [0.2, 0.25) is 11.2 Å². The Morgan fingerprint density at radius 3 is 2.43 bits per heavy atom. The molecule has 0 atom stereocenters. The molecule has 4 nitrogen and oxygen atoms in total. The smallest absolute Gasteiger partial charge is 0.416 e. The summed E-state index contributed by atoms with van der Waals surface area (Å²) in [6.45, 7) is 1.59. The Morgan fingerprint density at radius 2 is 1.71 bits per heavy atom. The number of nitrogens with one attached hydrogen (secondary N) is 1. The first-order chi connectivity index (χ1) is 13.2. The quantitative estimate of drug-likeness (QED) is 0.488. The summed E-state index contributed by atoms with van der Waals surface area (Å²) in [4.78, 5) is 28.0. The third kappa shape index (κ3) is 2.88. The van der Waals surface area contributed by atoms with Crippen LogP contribution in [-0.4, -0.2) is 10.8 Å². The number of fused-ring (bicyclic) bond motifs is 3. The molecule has 0 saturated heterocycles. The van der Waals surface area contributed by atoms with Crippen LogP contribution in [0.15, 0.2) is 47.3 Å². The third-order valence-corrected chi connectivity index (χ3v) is 4.90. The van der Waals surface area contributed by atoms with E-state index in [9.17, 15) is 22.8 Å². The first-order valence-electron chi connectivity index (χ1n) is 8.13. The summed E-state index contributed by atoms with van der Waals surface area (Å²) < 4.78 is 44.0. The lowest BCUT2D eigenvalue weighted by Crippen LogP contribution is -2.11. The minimum atomic E-state index is -4.49. The molecule has 0 spiro atoms. The number of pyridine rings is 1. The van der Waals surface area contributed by atoms with Gasteiger partial charge < -0.3 is 9.72 Å². The van der Waals surface area contributed by atoms with E-state index in [2.05, 4.69) is 4.98 Å². The van der Waals surface area contributed by atoms with Crippen LogP contribution in [0, 0.1) is 6.92 Å². The highest BCUT2D eigenvalue weighted by atomic mass is 35.5. The van der Waals surface area contributed by atoms with E-state index in [4.69, 9.17) is 16.3 Å².